The van der Waals surface area contributed by atoms with Crippen molar-refractivity contribution in [3.63, 3.8) is 0 Å². The fourth-order valence-electron chi connectivity index (χ4n) is 5.86. The Kier molecular flexibility index (Phi) is 13.2. The number of carbonyl (C=O) groups excluding carboxylic acids is 1. The molecule has 1 unspecified atom stereocenters. The van der Waals surface area contributed by atoms with E-state index in [0.717, 1.165) is 6.92 Å². The Balaban J connectivity index is 1.73. The first kappa shape index (κ1) is 38.5. The Morgan fingerprint density at radius 1 is 0.553 bits per heavy atom. The van der Waals surface area contributed by atoms with E-state index in [1.54, 1.807) is 0 Å². The van der Waals surface area contributed by atoms with Crippen LogP contribution in [0.25, 0.3) is 0 Å². The van der Waals surface area contributed by atoms with Crippen molar-refractivity contribution < 1.29 is 99.2 Å². The second-order valence-electron chi connectivity index (χ2n) is 11.9. The lowest BCUT2D eigenvalue weighted by Gasteiger charge is -2.50. The van der Waals surface area contributed by atoms with Crippen LogP contribution in [0.15, 0.2) is 0 Å². The average molecular weight is 692 g/mol. The van der Waals surface area contributed by atoms with Gasteiger partial charge in [-0.15, -0.1) is 0 Å². The lowest BCUT2D eigenvalue weighted by molar-refractivity contribution is -0.400. The molecule has 0 aliphatic carbocycles. The zero-order chi connectivity index (χ0) is 34.9. The van der Waals surface area contributed by atoms with E-state index >= 15 is 0 Å². The zero-order valence-electron chi connectivity index (χ0n) is 25.3. The van der Waals surface area contributed by atoms with Gasteiger partial charge in [0.05, 0.1) is 25.9 Å². The molecule has 0 aromatic rings. The highest BCUT2D eigenvalue weighted by Crippen LogP contribution is 2.35. The minimum Gasteiger partial charge on any atom is -0.394 e. The number of hydrogen-bond acceptors (Lipinski definition) is 20. The van der Waals surface area contributed by atoms with Crippen molar-refractivity contribution in [3.05, 3.63) is 0 Å². The summed E-state index contributed by atoms with van der Waals surface area (Å²) in [4.78, 5) is 12.0. The minimum absolute atomic E-state index is 0.703. The Morgan fingerprint density at radius 2 is 1.00 bits per heavy atom. The van der Waals surface area contributed by atoms with Gasteiger partial charge in [-0.25, -0.2) is 0 Å². The third kappa shape index (κ3) is 8.04. The second kappa shape index (κ2) is 16.2. The predicted octanol–water partition coefficient (Wildman–Crippen LogP) is -8.58. The van der Waals surface area contributed by atoms with Gasteiger partial charge in [0.2, 0.25) is 5.91 Å². The molecule has 0 saturated carbocycles. The summed E-state index contributed by atoms with van der Waals surface area (Å²) in [6.07, 6.45) is -33.2. The van der Waals surface area contributed by atoms with Gasteiger partial charge in [-0.05, 0) is 6.92 Å². The van der Waals surface area contributed by atoms with Crippen molar-refractivity contribution in [2.24, 2.45) is 0 Å². The van der Waals surface area contributed by atoms with Crippen molar-refractivity contribution in [3.8, 4) is 0 Å². The zero-order valence-corrected chi connectivity index (χ0v) is 25.3. The third-order valence-electron chi connectivity index (χ3n) is 8.57. The summed E-state index contributed by atoms with van der Waals surface area (Å²) in [6, 6.07) is -1.52. The van der Waals surface area contributed by atoms with Gasteiger partial charge >= 0.3 is 0 Å². The number of ether oxygens (including phenoxy) is 7. The van der Waals surface area contributed by atoms with Crippen molar-refractivity contribution >= 4 is 5.91 Å². The molecule has 0 bridgehead atoms. The summed E-state index contributed by atoms with van der Waals surface area (Å²) in [5.41, 5.74) is 0. The maximum atomic E-state index is 12.0. The Morgan fingerprint density at radius 3 is 1.57 bits per heavy atom. The number of amides is 1. The molecule has 4 aliphatic rings. The molecule has 4 heterocycles. The molecule has 4 rings (SSSR count). The summed E-state index contributed by atoms with van der Waals surface area (Å²) in [5.74, 6) is -0.703. The molecule has 21 heteroatoms. The number of aliphatic hydroxyl groups excluding tert-OH is 12. The molecule has 0 aromatic carbocycles. The first-order valence-electron chi connectivity index (χ1n) is 15.0. The van der Waals surface area contributed by atoms with Crippen LogP contribution in [0.4, 0.5) is 0 Å². The van der Waals surface area contributed by atoms with Gasteiger partial charge in [-0.2, -0.15) is 0 Å². The van der Waals surface area contributed by atoms with E-state index in [9.17, 15) is 66.1 Å². The van der Waals surface area contributed by atoms with E-state index in [4.69, 9.17) is 33.2 Å². The van der Waals surface area contributed by atoms with Gasteiger partial charge < -0.3 is 99.8 Å². The SMILES string of the molecule is CC(=O)N[C@H]1C(O)O[C@H](CO)[C@@H](O)[C@@H]1O[C@@H]1O[C@H](CO)[C@H](O)[C@H](O[C@H]2O[C@H](CO)[C@H](O)[C@H](O)[C@H]2O)[C@H]1O[C@@H]1O[C@@H](C)[C@@H](O)[C@@H](O)[C@@H]1O. The Labute approximate surface area is 267 Å². The quantitative estimate of drug-likeness (QED) is 0.101. The summed E-state index contributed by atoms with van der Waals surface area (Å²) < 4.78 is 39.5. The van der Waals surface area contributed by atoms with Crippen LogP contribution in [-0.2, 0) is 38.0 Å². The highest BCUT2D eigenvalue weighted by atomic mass is 16.8. The molecule has 4 aliphatic heterocycles. The Bertz CT molecular complexity index is 1010. The van der Waals surface area contributed by atoms with Crippen LogP contribution in [0.3, 0.4) is 0 Å². The lowest BCUT2D eigenvalue weighted by Crippen LogP contribution is -2.69. The van der Waals surface area contributed by atoms with Gasteiger partial charge in [0.25, 0.3) is 0 Å². The summed E-state index contributed by atoms with van der Waals surface area (Å²) >= 11 is 0. The topological polar surface area (TPSA) is 336 Å². The standard InChI is InChI=1S/C26H45NO20/c1-6-12(32)16(36)18(38)24(41-6)47-22-21(46-25-19(39)17(37)13(33)8(3-28)43-25)15(35)10(5-30)44-26(22)45-20-11(27-7(2)31)23(40)42-9(4-29)14(20)34/h6,8-26,28-30,32-40H,3-5H2,1-2H3,(H,27,31)/t6-,8+,9+,10+,11+,12+,13-,14+,15-,16+,17-,18-,19+,20+,21-,22+,23?,24-,25+,26-/m0/s1. The molecule has 47 heavy (non-hydrogen) atoms. The van der Waals surface area contributed by atoms with E-state index in [1.807, 2.05) is 0 Å². The predicted molar refractivity (Wildman–Crippen MR) is 144 cm³/mol. The van der Waals surface area contributed by atoms with Gasteiger partial charge in [0.15, 0.2) is 25.2 Å². The fraction of sp³-hybridized carbons (Fsp3) is 0.962. The molecular weight excluding hydrogens is 646 g/mol. The summed E-state index contributed by atoms with van der Waals surface area (Å²) in [6.45, 7) is -0.153. The van der Waals surface area contributed by atoms with Gasteiger partial charge in [0.1, 0.15) is 91.5 Å². The molecule has 21 nitrogen and oxygen atoms in total. The lowest BCUT2D eigenvalue weighted by atomic mass is 9.94. The van der Waals surface area contributed by atoms with E-state index < -0.39 is 148 Å². The summed E-state index contributed by atoms with van der Waals surface area (Å²) in [7, 11) is 0. The normalized spacial score (nSPS) is 51.0. The molecular formula is C26H45NO20. The molecule has 0 spiro atoms. The largest absolute Gasteiger partial charge is 0.394 e. The average Bonchev–Trinajstić information content (AvgIpc) is 3.04. The molecule has 4 saturated heterocycles. The Hall–Kier alpha value is -1.29. The van der Waals surface area contributed by atoms with Crippen LogP contribution < -0.4 is 5.32 Å². The van der Waals surface area contributed by atoms with Crippen molar-refractivity contribution in [1.82, 2.24) is 5.32 Å². The molecule has 274 valence electrons. The molecule has 0 aromatic heterocycles. The van der Waals surface area contributed by atoms with Crippen LogP contribution in [0.2, 0.25) is 0 Å². The van der Waals surface area contributed by atoms with Crippen molar-refractivity contribution in [2.45, 2.75) is 137 Å². The van der Waals surface area contributed by atoms with Crippen LogP contribution >= 0.6 is 0 Å². The van der Waals surface area contributed by atoms with Crippen molar-refractivity contribution in [2.75, 3.05) is 19.8 Å². The number of nitrogens with one attached hydrogen (secondary N) is 1. The van der Waals surface area contributed by atoms with Crippen molar-refractivity contribution in [1.29, 1.82) is 0 Å². The third-order valence-corrected chi connectivity index (χ3v) is 8.57. The van der Waals surface area contributed by atoms with E-state index in [2.05, 4.69) is 5.32 Å². The number of hydrogen-bond donors (Lipinski definition) is 13. The second-order valence-corrected chi connectivity index (χ2v) is 11.9. The van der Waals surface area contributed by atoms with E-state index in [-0.39, 0.29) is 0 Å². The van der Waals surface area contributed by atoms with E-state index in [1.165, 1.54) is 6.92 Å². The van der Waals surface area contributed by atoms with Crippen LogP contribution in [0.5, 0.6) is 0 Å². The molecule has 0 radical (unpaired) electrons. The number of aliphatic hydroxyl groups is 12. The van der Waals surface area contributed by atoms with Crippen LogP contribution in [0, 0.1) is 0 Å². The smallest absolute Gasteiger partial charge is 0.217 e. The van der Waals surface area contributed by atoms with Gasteiger partial charge in [0, 0.05) is 6.92 Å². The highest BCUT2D eigenvalue weighted by molar-refractivity contribution is 5.73. The monoisotopic (exact) mass is 691 g/mol. The molecule has 4 fully saturated rings. The molecule has 20 atom stereocenters. The highest BCUT2D eigenvalue weighted by Gasteiger charge is 2.56. The maximum Gasteiger partial charge on any atom is 0.217 e. The fourth-order valence-corrected chi connectivity index (χ4v) is 5.86. The first-order valence-corrected chi connectivity index (χ1v) is 15.0. The first-order chi connectivity index (χ1) is 22.1. The van der Waals surface area contributed by atoms with Gasteiger partial charge in [-0.3, -0.25) is 4.79 Å². The van der Waals surface area contributed by atoms with Crippen LogP contribution in [-0.4, -0.2) is 210 Å². The van der Waals surface area contributed by atoms with E-state index in [0.29, 0.717) is 0 Å². The molecule has 1 amide bonds. The number of carbonyl (C=O) groups is 1. The molecule has 13 N–H and O–H groups in total. The number of rotatable bonds is 10. The minimum atomic E-state index is -1.99. The summed E-state index contributed by atoms with van der Waals surface area (Å²) in [5, 5.41) is 127. The van der Waals surface area contributed by atoms with Crippen LogP contribution in [0.1, 0.15) is 13.8 Å². The maximum absolute atomic E-state index is 12.0. The van der Waals surface area contributed by atoms with Gasteiger partial charge in [-0.1, -0.05) is 0 Å².